The molecule has 14 heavy (non-hydrogen) atoms. The molecule has 0 amide bonds. The zero-order valence-corrected chi connectivity index (χ0v) is 9.70. The monoisotopic (exact) mass is 257 g/mol. The van der Waals surface area contributed by atoms with E-state index < -0.39 is 0 Å². The lowest BCUT2D eigenvalue weighted by atomic mass is 10.2. The average Bonchev–Trinajstić information content (AvgIpc) is 2.08. The van der Waals surface area contributed by atoms with E-state index in [1.54, 1.807) is 6.07 Å². The molecule has 1 nitrogen and oxygen atoms in total. The van der Waals surface area contributed by atoms with Gasteiger partial charge in [-0.25, -0.2) is 4.39 Å². The van der Waals surface area contributed by atoms with Crippen LogP contribution in [0, 0.1) is 5.82 Å². The Kier molecular flexibility index (Phi) is 4.14. The molecular weight excluding hydrogens is 245 g/mol. The van der Waals surface area contributed by atoms with Crippen LogP contribution in [0.1, 0.15) is 13.3 Å². The van der Waals surface area contributed by atoms with Gasteiger partial charge in [-0.15, -0.1) is 6.58 Å². The highest BCUT2D eigenvalue weighted by Crippen LogP contribution is 2.22. The van der Waals surface area contributed by atoms with Gasteiger partial charge in [-0.05, 0) is 47.5 Å². The number of hydrogen-bond acceptors (Lipinski definition) is 1. The lowest BCUT2D eigenvalue weighted by Crippen LogP contribution is -2.02. The molecule has 0 saturated carbocycles. The fourth-order valence-electron chi connectivity index (χ4n) is 1.04. The van der Waals surface area contributed by atoms with E-state index in [-0.39, 0.29) is 5.82 Å². The van der Waals surface area contributed by atoms with Crippen molar-refractivity contribution in [3.05, 3.63) is 40.6 Å². The number of halogens is 2. The van der Waals surface area contributed by atoms with Crippen molar-refractivity contribution in [2.24, 2.45) is 0 Å². The second kappa shape index (κ2) is 5.15. The Balaban J connectivity index is 2.55. The summed E-state index contributed by atoms with van der Waals surface area (Å²) in [5.74, 6) is -0.234. The zero-order chi connectivity index (χ0) is 10.6. The molecule has 0 atom stereocenters. The number of nitrogens with one attached hydrogen (secondary N) is 1. The van der Waals surface area contributed by atoms with E-state index in [1.807, 2.05) is 6.92 Å². The summed E-state index contributed by atoms with van der Waals surface area (Å²) >= 11 is 3.29. The zero-order valence-electron chi connectivity index (χ0n) is 8.11. The van der Waals surface area contributed by atoms with Crippen LogP contribution in [0.5, 0.6) is 0 Å². The average molecular weight is 258 g/mol. The summed E-state index contributed by atoms with van der Waals surface area (Å²) in [6, 6.07) is 4.61. The van der Waals surface area contributed by atoms with Gasteiger partial charge >= 0.3 is 0 Å². The summed E-state index contributed by atoms with van der Waals surface area (Å²) in [4.78, 5) is 0. The minimum atomic E-state index is -0.234. The lowest BCUT2D eigenvalue weighted by molar-refractivity contribution is 0.627. The van der Waals surface area contributed by atoms with Crippen LogP contribution >= 0.6 is 15.9 Å². The molecule has 0 heterocycles. The fourth-order valence-corrected chi connectivity index (χ4v) is 1.53. The Morgan fingerprint density at radius 3 is 2.86 bits per heavy atom. The third-order valence-electron chi connectivity index (χ3n) is 1.80. The molecule has 0 bridgehead atoms. The molecule has 0 aliphatic rings. The van der Waals surface area contributed by atoms with E-state index in [2.05, 4.69) is 27.8 Å². The van der Waals surface area contributed by atoms with Gasteiger partial charge < -0.3 is 5.32 Å². The van der Waals surface area contributed by atoms with E-state index >= 15 is 0 Å². The number of hydrogen-bond donors (Lipinski definition) is 1. The molecule has 76 valence electrons. The van der Waals surface area contributed by atoms with E-state index in [0.717, 1.165) is 28.7 Å². The molecule has 0 fully saturated rings. The molecule has 0 aliphatic heterocycles. The largest absolute Gasteiger partial charge is 0.384 e. The van der Waals surface area contributed by atoms with Crippen molar-refractivity contribution in [3.63, 3.8) is 0 Å². The second-order valence-electron chi connectivity index (χ2n) is 3.26. The quantitative estimate of drug-likeness (QED) is 0.806. The maximum absolute atomic E-state index is 12.7. The van der Waals surface area contributed by atoms with Crippen molar-refractivity contribution in [2.75, 3.05) is 11.9 Å². The smallest absolute Gasteiger partial charge is 0.124 e. The summed E-state index contributed by atoms with van der Waals surface area (Å²) in [5.41, 5.74) is 2.04. The van der Waals surface area contributed by atoms with Gasteiger partial charge in [-0.3, -0.25) is 0 Å². The number of rotatable bonds is 4. The van der Waals surface area contributed by atoms with Gasteiger partial charge in [0.05, 0.1) is 0 Å². The molecule has 0 radical (unpaired) electrons. The highest BCUT2D eigenvalue weighted by atomic mass is 79.9. The van der Waals surface area contributed by atoms with Gasteiger partial charge in [-0.1, -0.05) is 5.57 Å². The second-order valence-corrected chi connectivity index (χ2v) is 4.11. The Hall–Kier alpha value is -0.830. The summed E-state index contributed by atoms with van der Waals surface area (Å²) in [5, 5.41) is 3.20. The number of anilines is 1. The molecule has 3 heteroatoms. The molecule has 0 spiro atoms. The van der Waals surface area contributed by atoms with Gasteiger partial charge in [-0.2, -0.15) is 0 Å². The molecule has 1 aromatic rings. The predicted octanol–water partition coefficient (Wildman–Crippen LogP) is 3.97. The van der Waals surface area contributed by atoms with Crippen molar-refractivity contribution in [1.29, 1.82) is 0 Å². The van der Waals surface area contributed by atoms with Gasteiger partial charge in [0.1, 0.15) is 5.82 Å². The maximum atomic E-state index is 12.7. The summed E-state index contributed by atoms with van der Waals surface area (Å²) in [6.45, 7) is 6.62. The first-order valence-corrected chi connectivity index (χ1v) is 5.22. The first-order chi connectivity index (χ1) is 6.59. The van der Waals surface area contributed by atoms with Gasteiger partial charge in [0.2, 0.25) is 0 Å². The van der Waals surface area contributed by atoms with Crippen molar-refractivity contribution in [3.8, 4) is 0 Å². The molecule has 1 rings (SSSR count). The Morgan fingerprint density at radius 1 is 1.57 bits per heavy atom. The van der Waals surface area contributed by atoms with Crippen LogP contribution in [0.4, 0.5) is 10.1 Å². The van der Waals surface area contributed by atoms with Crippen LogP contribution in [-0.4, -0.2) is 6.54 Å². The van der Waals surface area contributed by atoms with Crippen LogP contribution in [0.15, 0.2) is 34.8 Å². The van der Waals surface area contributed by atoms with Crippen LogP contribution < -0.4 is 5.32 Å². The van der Waals surface area contributed by atoms with Gasteiger partial charge in [0.25, 0.3) is 0 Å². The minimum absolute atomic E-state index is 0.234. The molecule has 0 unspecified atom stereocenters. The Labute approximate surface area is 92.1 Å². The van der Waals surface area contributed by atoms with Crippen molar-refractivity contribution < 1.29 is 4.39 Å². The van der Waals surface area contributed by atoms with Gasteiger partial charge in [0.15, 0.2) is 0 Å². The van der Waals surface area contributed by atoms with Crippen molar-refractivity contribution in [1.82, 2.24) is 0 Å². The molecule has 0 aliphatic carbocycles. The van der Waals surface area contributed by atoms with E-state index in [0.29, 0.717) is 0 Å². The third kappa shape index (κ3) is 3.50. The third-order valence-corrected chi connectivity index (χ3v) is 2.45. The summed E-state index contributed by atoms with van der Waals surface area (Å²) in [6.07, 6.45) is 0.920. The van der Waals surface area contributed by atoms with Crippen LogP contribution in [0.2, 0.25) is 0 Å². The highest BCUT2D eigenvalue weighted by molar-refractivity contribution is 9.10. The topological polar surface area (TPSA) is 12.0 Å². The van der Waals surface area contributed by atoms with E-state index in [4.69, 9.17) is 0 Å². The summed E-state index contributed by atoms with van der Waals surface area (Å²) in [7, 11) is 0. The molecule has 0 saturated heterocycles. The summed E-state index contributed by atoms with van der Waals surface area (Å²) < 4.78 is 13.5. The normalized spacial score (nSPS) is 9.93. The van der Waals surface area contributed by atoms with Gasteiger partial charge in [0, 0.05) is 16.7 Å². The standard InChI is InChI=1S/C11H13BrFN/c1-8(2)5-6-14-11-4-3-9(13)7-10(11)12/h3-4,7,14H,1,5-6H2,2H3. The van der Waals surface area contributed by atoms with Crippen LogP contribution in [-0.2, 0) is 0 Å². The van der Waals surface area contributed by atoms with E-state index in [9.17, 15) is 4.39 Å². The number of benzene rings is 1. The molecule has 1 aromatic carbocycles. The van der Waals surface area contributed by atoms with Crippen molar-refractivity contribution in [2.45, 2.75) is 13.3 Å². The first-order valence-electron chi connectivity index (χ1n) is 4.43. The van der Waals surface area contributed by atoms with Crippen LogP contribution in [0.25, 0.3) is 0 Å². The first kappa shape index (κ1) is 11.2. The lowest BCUT2D eigenvalue weighted by Gasteiger charge is -2.08. The SMILES string of the molecule is C=C(C)CCNc1ccc(F)cc1Br. The highest BCUT2D eigenvalue weighted by Gasteiger charge is 1.99. The molecule has 1 N–H and O–H groups in total. The maximum Gasteiger partial charge on any atom is 0.124 e. The Bertz CT molecular complexity index is 336. The fraction of sp³-hybridized carbons (Fsp3) is 0.273. The van der Waals surface area contributed by atoms with Crippen LogP contribution in [0.3, 0.4) is 0 Å². The van der Waals surface area contributed by atoms with Crippen molar-refractivity contribution >= 4 is 21.6 Å². The Morgan fingerprint density at radius 2 is 2.29 bits per heavy atom. The molecular formula is C11H13BrFN. The predicted molar refractivity (Wildman–Crippen MR) is 62.0 cm³/mol. The molecule has 0 aromatic heterocycles. The van der Waals surface area contributed by atoms with E-state index in [1.165, 1.54) is 12.1 Å². The minimum Gasteiger partial charge on any atom is -0.384 e.